The van der Waals surface area contributed by atoms with Crippen molar-refractivity contribution in [3.63, 3.8) is 0 Å². The van der Waals surface area contributed by atoms with Crippen molar-refractivity contribution in [3.8, 4) is 5.75 Å². The third-order valence-electron chi connectivity index (χ3n) is 2.05. The first-order valence-corrected chi connectivity index (χ1v) is 5.20. The predicted molar refractivity (Wildman–Crippen MR) is 60.8 cm³/mol. The minimum absolute atomic E-state index is 0.115. The summed E-state index contributed by atoms with van der Waals surface area (Å²) < 4.78 is 18.8. The van der Waals surface area contributed by atoms with Gasteiger partial charge >= 0.3 is 0 Å². The van der Waals surface area contributed by atoms with Crippen LogP contribution in [0.5, 0.6) is 5.75 Å². The number of rotatable bonds is 4. The first-order valence-electron chi connectivity index (χ1n) is 5.20. The van der Waals surface area contributed by atoms with Crippen LogP contribution < -0.4 is 10.5 Å². The van der Waals surface area contributed by atoms with Gasteiger partial charge in [-0.2, -0.15) is 0 Å². The van der Waals surface area contributed by atoms with Gasteiger partial charge in [-0.25, -0.2) is 4.39 Å². The highest BCUT2D eigenvalue weighted by atomic mass is 19.1. The molecule has 3 N–H and O–H groups in total. The van der Waals surface area contributed by atoms with Crippen LogP contribution in [0.25, 0.3) is 0 Å². The van der Waals surface area contributed by atoms with E-state index in [-0.39, 0.29) is 18.5 Å². The molecule has 0 aliphatic heterocycles. The Kier molecular flexibility index (Phi) is 3.88. The quantitative estimate of drug-likeness (QED) is 0.827. The molecule has 1 aromatic carbocycles. The molecule has 0 spiro atoms. The highest BCUT2D eigenvalue weighted by Gasteiger charge is 2.14. The molecule has 0 saturated carbocycles. The summed E-state index contributed by atoms with van der Waals surface area (Å²) in [5, 5.41) is 9.45. The number of hydrogen-bond donors (Lipinski definition) is 2. The first kappa shape index (κ1) is 12.9. The van der Waals surface area contributed by atoms with E-state index in [1.807, 2.05) is 0 Å². The van der Waals surface area contributed by atoms with E-state index in [0.717, 1.165) is 0 Å². The number of aliphatic hydroxyl groups is 1. The SMILES string of the molecule is C[C@@H](N)c1ccc(OCC(C)(C)O)cc1F. The molecule has 0 heterocycles. The lowest BCUT2D eigenvalue weighted by molar-refractivity contribution is 0.0283. The second-order valence-corrected chi connectivity index (χ2v) is 4.57. The van der Waals surface area contributed by atoms with Crippen molar-refractivity contribution >= 4 is 0 Å². The number of hydrogen-bond acceptors (Lipinski definition) is 3. The van der Waals surface area contributed by atoms with Gasteiger partial charge in [-0.1, -0.05) is 6.07 Å². The molecule has 0 saturated heterocycles. The fourth-order valence-corrected chi connectivity index (χ4v) is 1.23. The van der Waals surface area contributed by atoms with Crippen LogP contribution >= 0.6 is 0 Å². The van der Waals surface area contributed by atoms with Crippen LogP contribution in [0.2, 0.25) is 0 Å². The van der Waals surface area contributed by atoms with Gasteiger partial charge < -0.3 is 15.6 Å². The summed E-state index contributed by atoms with van der Waals surface area (Å²) >= 11 is 0. The highest BCUT2D eigenvalue weighted by molar-refractivity contribution is 5.30. The van der Waals surface area contributed by atoms with E-state index in [0.29, 0.717) is 11.3 Å². The zero-order chi connectivity index (χ0) is 12.3. The molecule has 0 unspecified atom stereocenters. The largest absolute Gasteiger partial charge is 0.491 e. The average molecular weight is 227 g/mol. The van der Waals surface area contributed by atoms with Crippen LogP contribution in [-0.4, -0.2) is 17.3 Å². The average Bonchev–Trinajstić information content (AvgIpc) is 2.13. The summed E-state index contributed by atoms with van der Waals surface area (Å²) in [6.45, 7) is 5.08. The third-order valence-corrected chi connectivity index (χ3v) is 2.05. The Balaban J connectivity index is 2.74. The molecular weight excluding hydrogens is 209 g/mol. The van der Waals surface area contributed by atoms with E-state index in [1.165, 1.54) is 6.07 Å². The van der Waals surface area contributed by atoms with Crippen LogP contribution in [0.4, 0.5) is 4.39 Å². The number of benzene rings is 1. The number of ether oxygens (including phenoxy) is 1. The van der Waals surface area contributed by atoms with Crippen molar-refractivity contribution in [2.75, 3.05) is 6.61 Å². The van der Waals surface area contributed by atoms with Gasteiger partial charge in [0.25, 0.3) is 0 Å². The predicted octanol–water partition coefficient (Wildman–Crippen LogP) is 2.00. The normalized spacial score (nSPS) is 13.6. The van der Waals surface area contributed by atoms with Crippen LogP contribution in [0, 0.1) is 5.82 Å². The summed E-state index contributed by atoms with van der Waals surface area (Å²) in [6.07, 6.45) is 0. The second-order valence-electron chi connectivity index (χ2n) is 4.57. The Morgan fingerprint density at radius 1 is 1.50 bits per heavy atom. The lowest BCUT2D eigenvalue weighted by Crippen LogP contribution is -2.27. The fraction of sp³-hybridized carbons (Fsp3) is 0.500. The Bertz CT molecular complexity index is 359. The lowest BCUT2D eigenvalue weighted by Gasteiger charge is -2.18. The minimum atomic E-state index is -0.934. The molecule has 0 aliphatic carbocycles. The maximum Gasteiger partial charge on any atom is 0.131 e. The number of nitrogens with two attached hydrogens (primary N) is 1. The molecule has 16 heavy (non-hydrogen) atoms. The molecule has 4 heteroatoms. The molecule has 0 amide bonds. The maximum atomic E-state index is 13.5. The smallest absolute Gasteiger partial charge is 0.131 e. The lowest BCUT2D eigenvalue weighted by atomic mass is 10.1. The highest BCUT2D eigenvalue weighted by Crippen LogP contribution is 2.21. The summed E-state index contributed by atoms with van der Waals surface area (Å²) in [5.41, 5.74) is 5.11. The van der Waals surface area contributed by atoms with Gasteiger partial charge in [-0.3, -0.25) is 0 Å². The molecule has 0 fully saturated rings. The van der Waals surface area contributed by atoms with Gasteiger partial charge in [0.15, 0.2) is 0 Å². The Labute approximate surface area is 95.0 Å². The molecule has 90 valence electrons. The van der Waals surface area contributed by atoms with E-state index in [2.05, 4.69) is 0 Å². The van der Waals surface area contributed by atoms with Crippen molar-refractivity contribution < 1.29 is 14.2 Å². The van der Waals surface area contributed by atoms with Crippen molar-refractivity contribution in [3.05, 3.63) is 29.6 Å². The molecule has 1 rings (SSSR count). The van der Waals surface area contributed by atoms with E-state index < -0.39 is 5.60 Å². The first-order chi connectivity index (χ1) is 7.29. The van der Waals surface area contributed by atoms with Crippen molar-refractivity contribution in [1.82, 2.24) is 0 Å². The fourth-order valence-electron chi connectivity index (χ4n) is 1.23. The van der Waals surface area contributed by atoms with Crippen LogP contribution in [0.1, 0.15) is 32.4 Å². The minimum Gasteiger partial charge on any atom is -0.491 e. The third kappa shape index (κ3) is 3.79. The summed E-state index contributed by atoms with van der Waals surface area (Å²) in [7, 11) is 0. The molecule has 1 aromatic rings. The Morgan fingerprint density at radius 2 is 2.12 bits per heavy atom. The molecule has 3 nitrogen and oxygen atoms in total. The van der Waals surface area contributed by atoms with E-state index in [9.17, 15) is 9.50 Å². The van der Waals surface area contributed by atoms with Gasteiger partial charge in [0, 0.05) is 17.7 Å². The Morgan fingerprint density at radius 3 is 2.56 bits per heavy atom. The monoisotopic (exact) mass is 227 g/mol. The van der Waals surface area contributed by atoms with Gasteiger partial charge in [0.1, 0.15) is 18.2 Å². The van der Waals surface area contributed by atoms with Crippen molar-refractivity contribution in [2.24, 2.45) is 5.73 Å². The number of halogens is 1. The molecule has 0 bridgehead atoms. The van der Waals surface area contributed by atoms with Crippen molar-refractivity contribution in [1.29, 1.82) is 0 Å². The molecule has 1 atom stereocenters. The zero-order valence-electron chi connectivity index (χ0n) is 9.83. The molecule has 0 aliphatic rings. The van der Waals surface area contributed by atoms with Crippen molar-refractivity contribution in [2.45, 2.75) is 32.4 Å². The van der Waals surface area contributed by atoms with E-state index in [4.69, 9.17) is 10.5 Å². The van der Waals surface area contributed by atoms with Crippen LogP contribution in [0.3, 0.4) is 0 Å². The zero-order valence-corrected chi connectivity index (χ0v) is 9.83. The van der Waals surface area contributed by atoms with E-state index in [1.54, 1.807) is 32.9 Å². The summed E-state index contributed by atoms with van der Waals surface area (Å²) in [6, 6.07) is 4.18. The van der Waals surface area contributed by atoms with Gasteiger partial charge in [-0.05, 0) is 26.8 Å². The molecule has 0 aromatic heterocycles. The van der Waals surface area contributed by atoms with Gasteiger partial charge in [0.05, 0.1) is 5.60 Å². The van der Waals surface area contributed by atoms with Gasteiger partial charge in [0.2, 0.25) is 0 Å². The molecule has 0 radical (unpaired) electrons. The molecular formula is C12H18FNO2. The second kappa shape index (κ2) is 4.80. The van der Waals surface area contributed by atoms with Gasteiger partial charge in [-0.15, -0.1) is 0 Å². The summed E-state index contributed by atoms with van der Waals surface area (Å²) in [4.78, 5) is 0. The maximum absolute atomic E-state index is 13.5. The van der Waals surface area contributed by atoms with Crippen LogP contribution in [-0.2, 0) is 0 Å². The van der Waals surface area contributed by atoms with E-state index >= 15 is 0 Å². The standard InChI is InChI=1S/C12H18FNO2/c1-8(14)10-5-4-9(6-11(10)13)16-7-12(2,3)15/h4-6,8,15H,7,14H2,1-3H3/t8-/m1/s1. The van der Waals surface area contributed by atoms with Crippen LogP contribution in [0.15, 0.2) is 18.2 Å². The topological polar surface area (TPSA) is 55.5 Å². The Hall–Kier alpha value is -1.13. The summed E-state index contributed by atoms with van der Waals surface area (Å²) in [5.74, 6) is 0.00673.